The summed E-state index contributed by atoms with van der Waals surface area (Å²) in [4.78, 5) is 24.4. The molecule has 100 valence electrons. The van der Waals surface area contributed by atoms with Gasteiger partial charge in [-0.15, -0.1) is 0 Å². The maximum absolute atomic E-state index is 12.2. The zero-order valence-electron chi connectivity index (χ0n) is 10.6. The summed E-state index contributed by atoms with van der Waals surface area (Å²) in [6.07, 6.45) is 0.467. The molecular formula is C16H12ClNO2. The molecule has 2 aromatic carbocycles. The number of carbonyl (C=O) groups is 2. The molecule has 0 saturated carbocycles. The topological polar surface area (TPSA) is 46.2 Å². The standard InChI is InChI=1S/C16H12ClNO2/c17-11-5-7-12(8-6-11)18-16(20)14-9-10-3-1-2-4-13(10)15(14)19/h1-8,14H,9H2,(H,18,20)/t14-/m0/s1. The Bertz CT molecular complexity index is 679. The maximum atomic E-state index is 12.2. The van der Waals surface area contributed by atoms with Crippen molar-refractivity contribution in [1.82, 2.24) is 0 Å². The van der Waals surface area contributed by atoms with Gasteiger partial charge in [-0.1, -0.05) is 35.9 Å². The maximum Gasteiger partial charge on any atom is 0.235 e. The largest absolute Gasteiger partial charge is 0.325 e. The van der Waals surface area contributed by atoms with Crippen molar-refractivity contribution < 1.29 is 9.59 Å². The molecule has 1 aliphatic carbocycles. The summed E-state index contributed by atoms with van der Waals surface area (Å²) in [6, 6.07) is 14.2. The van der Waals surface area contributed by atoms with E-state index in [0.29, 0.717) is 22.7 Å². The first kappa shape index (κ1) is 12.9. The van der Waals surface area contributed by atoms with Crippen LogP contribution in [0.1, 0.15) is 15.9 Å². The van der Waals surface area contributed by atoms with E-state index in [1.54, 1.807) is 30.3 Å². The van der Waals surface area contributed by atoms with Crippen LogP contribution in [-0.2, 0) is 11.2 Å². The van der Waals surface area contributed by atoms with E-state index in [-0.39, 0.29) is 11.7 Å². The van der Waals surface area contributed by atoms with Gasteiger partial charge >= 0.3 is 0 Å². The van der Waals surface area contributed by atoms with Crippen molar-refractivity contribution in [3.8, 4) is 0 Å². The van der Waals surface area contributed by atoms with E-state index in [2.05, 4.69) is 5.32 Å². The van der Waals surface area contributed by atoms with E-state index in [0.717, 1.165) is 5.56 Å². The number of ketones is 1. The van der Waals surface area contributed by atoms with Crippen LogP contribution in [0.3, 0.4) is 0 Å². The molecule has 0 aromatic heterocycles. The third-order valence-electron chi connectivity index (χ3n) is 3.45. The Morgan fingerprint density at radius 2 is 1.80 bits per heavy atom. The number of fused-ring (bicyclic) bond motifs is 1. The van der Waals surface area contributed by atoms with Crippen molar-refractivity contribution in [1.29, 1.82) is 0 Å². The molecule has 0 aliphatic heterocycles. The fourth-order valence-corrected chi connectivity index (χ4v) is 2.54. The minimum absolute atomic E-state index is 0.105. The summed E-state index contributed by atoms with van der Waals surface area (Å²) in [6.45, 7) is 0. The van der Waals surface area contributed by atoms with Crippen molar-refractivity contribution in [2.75, 3.05) is 5.32 Å². The van der Waals surface area contributed by atoms with Crippen LogP contribution in [0.15, 0.2) is 48.5 Å². The first-order chi connectivity index (χ1) is 9.65. The molecule has 0 unspecified atom stereocenters. The fraction of sp³-hybridized carbons (Fsp3) is 0.125. The van der Waals surface area contributed by atoms with Gasteiger partial charge in [0.25, 0.3) is 0 Å². The Morgan fingerprint density at radius 1 is 1.10 bits per heavy atom. The number of benzene rings is 2. The van der Waals surface area contributed by atoms with E-state index >= 15 is 0 Å². The minimum atomic E-state index is -0.636. The molecule has 3 rings (SSSR count). The van der Waals surface area contributed by atoms with Crippen LogP contribution in [-0.4, -0.2) is 11.7 Å². The summed E-state index contributed by atoms with van der Waals surface area (Å²) >= 11 is 5.79. The van der Waals surface area contributed by atoms with Crippen LogP contribution in [0.25, 0.3) is 0 Å². The zero-order valence-corrected chi connectivity index (χ0v) is 11.4. The minimum Gasteiger partial charge on any atom is -0.325 e. The van der Waals surface area contributed by atoms with E-state index in [9.17, 15) is 9.59 Å². The molecule has 0 bridgehead atoms. The van der Waals surface area contributed by atoms with E-state index in [1.165, 1.54) is 0 Å². The van der Waals surface area contributed by atoms with Crippen LogP contribution >= 0.6 is 11.6 Å². The lowest BCUT2D eigenvalue weighted by Crippen LogP contribution is -2.27. The van der Waals surface area contributed by atoms with Crippen LogP contribution < -0.4 is 5.32 Å². The number of rotatable bonds is 2. The molecule has 3 nitrogen and oxygen atoms in total. The second-order valence-corrected chi connectivity index (χ2v) is 5.21. The number of carbonyl (C=O) groups excluding carboxylic acids is 2. The van der Waals surface area contributed by atoms with Gasteiger partial charge in [0, 0.05) is 16.3 Å². The molecular weight excluding hydrogens is 274 g/mol. The predicted octanol–water partition coefficient (Wildman–Crippen LogP) is 3.33. The summed E-state index contributed by atoms with van der Waals surface area (Å²) in [7, 11) is 0. The van der Waals surface area contributed by atoms with Gasteiger partial charge < -0.3 is 5.32 Å². The second-order valence-electron chi connectivity index (χ2n) is 4.77. The average molecular weight is 286 g/mol. The summed E-state index contributed by atoms with van der Waals surface area (Å²) in [5.41, 5.74) is 2.24. The van der Waals surface area contributed by atoms with Gasteiger partial charge in [-0.25, -0.2) is 0 Å². The lowest BCUT2D eigenvalue weighted by molar-refractivity contribution is -0.118. The smallest absolute Gasteiger partial charge is 0.235 e. The SMILES string of the molecule is O=C(Nc1ccc(Cl)cc1)[C@H]1Cc2ccccc2C1=O. The van der Waals surface area contributed by atoms with E-state index in [1.807, 2.05) is 18.2 Å². The van der Waals surface area contributed by atoms with Gasteiger partial charge in [-0.3, -0.25) is 9.59 Å². The molecule has 1 atom stereocenters. The van der Waals surface area contributed by atoms with Gasteiger partial charge in [-0.05, 0) is 36.2 Å². The van der Waals surface area contributed by atoms with Gasteiger partial charge in [0.05, 0.1) is 0 Å². The van der Waals surface area contributed by atoms with Gasteiger partial charge in [0.2, 0.25) is 5.91 Å². The van der Waals surface area contributed by atoms with Gasteiger partial charge in [0.1, 0.15) is 5.92 Å². The number of hydrogen-bond acceptors (Lipinski definition) is 2. The predicted molar refractivity (Wildman–Crippen MR) is 78.0 cm³/mol. The van der Waals surface area contributed by atoms with Crippen molar-refractivity contribution in [3.63, 3.8) is 0 Å². The summed E-state index contributed by atoms with van der Waals surface area (Å²) in [5, 5.41) is 3.36. The molecule has 1 amide bonds. The van der Waals surface area contributed by atoms with Crippen LogP contribution in [0.5, 0.6) is 0 Å². The number of halogens is 1. The normalized spacial score (nSPS) is 16.9. The van der Waals surface area contributed by atoms with Crippen molar-refractivity contribution in [3.05, 3.63) is 64.7 Å². The summed E-state index contributed by atoms with van der Waals surface area (Å²) in [5.74, 6) is -1.01. The lowest BCUT2D eigenvalue weighted by atomic mass is 10.0. The molecule has 0 heterocycles. The average Bonchev–Trinajstić information content (AvgIpc) is 2.79. The number of nitrogens with one attached hydrogen (secondary N) is 1. The van der Waals surface area contributed by atoms with Gasteiger partial charge in [0.15, 0.2) is 5.78 Å². The highest BCUT2D eigenvalue weighted by Gasteiger charge is 2.35. The molecule has 0 spiro atoms. The van der Waals surface area contributed by atoms with E-state index in [4.69, 9.17) is 11.6 Å². The Hall–Kier alpha value is -2.13. The fourth-order valence-electron chi connectivity index (χ4n) is 2.41. The quantitative estimate of drug-likeness (QED) is 0.860. The lowest BCUT2D eigenvalue weighted by Gasteiger charge is -2.09. The van der Waals surface area contributed by atoms with Crippen LogP contribution in [0.4, 0.5) is 5.69 Å². The van der Waals surface area contributed by atoms with E-state index < -0.39 is 5.92 Å². The van der Waals surface area contributed by atoms with Crippen LogP contribution in [0.2, 0.25) is 5.02 Å². The highest BCUT2D eigenvalue weighted by Crippen LogP contribution is 2.27. The van der Waals surface area contributed by atoms with Crippen molar-refractivity contribution in [2.45, 2.75) is 6.42 Å². The first-order valence-corrected chi connectivity index (χ1v) is 6.71. The van der Waals surface area contributed by atoms with Crippen molar-refractivity contribution in [2.24, 2.45) is 5.92 Å². The first-order valence-electron chi connectivity index (χ1n) is 6.34. The molecule has 1 N–H and O–H groups in total. The van der Waals surface area contributed by atoms with Gasteiger partial charge in [-0.2, -0.15) is 0 Å². The molecule has 2 aromatic rings. The monoisotopic (exact) mass is 285 g/mol. The number of amides is 1. The highest BCUT2D eigenvalue weighted by molar-refractivity contribution is 6.30. The molecule has 1 aliphatic rings. The third kappa shape index (κ3) is 2.32. The van der Waals surface area contributed by atoms with Crippen molar-refractivity contribution >= 4 is 29.0 Å². The number of anilines is 1. The second kappa shape index (κ2) is 5.10. The Labute approximate surface area is 121 Å². The number of hydrogen-bond donors (Lipinski definition) is 1. The molecule has 20 heavy (non-hydrogen) atoms. The molecule has 0 saturated heterocycles. The Balaban J connectivity index is 1.77. The highest BCUT2D eigenvalue weighted by atomic mass is 35.5. The Kier molecular flexibility index (Phi) is 3.28. The Morgan fingerprint density at radius 3 is 2.50 bits per heavy atom. The molecule has 0 radical (unpaired) electrons. The summed E-state index contributed by atoms with van der Waals surface area (Å²) < 4.78 is 0. The molecule has 4 heteroatoms. The molecule has 0 fully saturated rings. The number of Topliss-reactive ketones (excluding diaryl/α,β-unsaturated/α-hetero) is 1. The zero-order chi connectivity index (χ0) is 14.1. The van der Waals surface area contributed by atoms with Crippen LogP contribution in [0, 0.1) is 5.92 Å². The third-order valence-corrected chi connectivity index (χ3v) is 3.70.